The lowest BCUT2D eigenvalue weighted by atomic mass is 10.0. The van der Waals surface area contributed by atoms with Crippen molar-refractivity contribution in [2.24, 2.45) is 5.73 Å². The van der Waals surface area contributed by atoms with Gasteiger partial charge in [0.05, 0.1) is 18.6 Å². The molecule has 0 aliphatic heterocycles. The Balaban J connectivity index is 0.00000361. The molecule has 1 atom stereocenters. The van der Waals surface area contributed by atoms with Gasteiger partial charge in [0.15, 0.2) is 0 Å². The van der Waals surface area contributed by atoms with Crippen LogP contribution >= 0.6 is 28.3 Å². The van der Waals surface area contributed by atoms with Crippen LogP contribution in [0.3, 0.4) is 0 Å². The Morgan fingerprint density at radius 2 is 2.00 bits per heavy atom. The second-order valence-electron chi connectivity index (χ2n) is 3.89. The SMILES string of the molecule is CCOC(=O)C[C@@H](N)c1cc(Br)cc(C(F)(F)F)c1.Cl. The predicted molar refractivity (Wildman–Crippen MR) is 74.6 cm³/mol. The molecule has 0 bridgehead atoms. The molecule has 1 aromatic rings. The first kappa shape index (κ1) is 19.2. The van der Waals surface area contributed by atoms with Gasteiger partial charge in [0.1, 0.15) is 0 Å². The first-order valence-electron chi connectivity index (χ1n) is 5.53. The summed E-state index contributed by atoms with van der Waals surface area (Å²) < 4.78 is 42.9. The molecular weight excluding hydrogens is 362 g/mol. The molecular formula is C12H14BrClF3NO2. The topological polar surface area (TPSA) is 52.3 Å². The highest BCUT2D eigenvalue weighted by Gasteiger charge is 2.31. The van der Waals surface area contributed by atoms with Crippen molar-refractivity contribution < 1.29 is 22.7 Å². The normalized spacial score (nSPS) is 12.5. The molecule has 0 aliphatic carbocycles. The van der Waals surface area contributed by atoms with Crippen molar-refractivity contribution >= 4 is 34.3 Å². The molecule has 2 N–H and O–H groups in total. The van der Waals surface area contributed by atoms with Crippen LogP contribution < -0.4 is 5.73 Å². The molecule has 0 amide bonds. The average Bonchev–Trinajstić information content (AvgIpc) is 2.27. The smallest absolute Gasteiger partial charge is 0.416 e. The Labute approximate surface area is 129 Å². The highest BCUT2D eigenvalue weighted by Crippen LogP contribution is 2.33. The minimum Gasteiger partial charge on any atom is -0.466 e. The molecule has 20 heavy (non-hydrogen) atoms. The number of hydrogen-bond acceptors (Lipinski definition) is 3. The lowest BCUT2D eigenvalue weighted by Crippen LogP contribution is -2.18. The summed E-state index contributed by atoms with van der Waals surface area (Å²) in [4.78, 5) is 11.3. The summed E-state index contributed by atoms with van der Waals surface area (Å²) in [5.41, 5.74) is 5.14. The van der Waals surface area contributed by atoms with Crippen molar-refractivity contribution in [1.82, 2.24) is 0 Å². The Hall–Kier alpha value is -0.790. The van der Waals surface area contributed by atoms with Gasteiger partial charge >= 0.3 is 12.1 Å². The number of ether oxygens (including phenoxy) is 1. The van der Waals surface area contributed by atoms with Crippen LogP contribution in [0.4, 0.5) is 13.2 Å². The maximum Gasteiger partial charge on any atom is 0.416 e. The van der Waals surface area contributed by atoms with E-state index in [-0.39, 0.29) is 35.5 Å². The maximum absolute atomic E-state index is 12.6. The van der Waals surface area contributed by atoms with Crippen LogP contribution in [-0.4, -0.2) is 12.6 Å². The van der Waals surface area contributed by atoms with Gasteiger partial charge in [-0.15, -0.1) is 12.4 Å². The number of hydrogen-bond donors (Lipinski definition) is 1. The summed E-state index contributed by atoms with van der Waals surface area (Å²) in [5, 5.41) is 0. The number of esters is 1. The van der Waals surface area contributed by atoms with Gasteiger partial charge in [0.2, 0.25) is 0 Å². The van der Waals surface area contributed by atoms with Gasteiger partial charge in [-0.2, -0.15) is 13.2 Å². The van der Waals surface area contributed by atoms with E-state index >= 15 is 0 Å². The van der Waals surface area contributed by atoms with E-state index in [1.54, 1.807) is 6.92 Å². The standard InChI is InChI=1S/C12H13BrF3NO2.ClH/c1-2-19-11(18)6-10(17)7-3-8(12(14,15)16)5-9(13)4-7;/h3-5,10H,2,6,17H2,1H3;1H/t10-;/m1./s1. The Bertz CT molecular complexity index is 469. The lowest BCUT2D eigenvalue weighted by Gasteiger charge is -2.14. The van der Waals surface area contributed by atoms with Crippen LogP contribution in [0.25, 0.3) is 0 Å². The maximum atomic E-state index is 12.6. The fourth-order valence-electron chi connectivity index (χ4n) is 1.51. The molecule has 0 aliphatic rings. The summed E-state index contributed by atoms with van der Waals surface area (Å²) in [6.45, 7) is 1.85. The van der Waals surface area contributed by atoms with Gasteiger partial charge in [-0.25, -0.2) is 0 Å². The first-order valence-corrected chi connectivity index (χ1v) is 6.32. The summed E-state index contributed by atoms with van der Waals surface area (Å²) >= 11 is 3.00. The summed E-state index contributed by atoms with van der Waals surface area (Å²) in [6, 6.07) is 2.52. The number of carbonyl (C=O) groups is 1. The van der Waals surface area contributed by atoms with E-state index in [2.05, 4.69) is 15.9 Å². The van der Waals surface area contributed by atoms with Gasteiger partial charge < -0.3 is 10.5 Å². The van der Waals surface area contributed by atoms with Gasteiger partial charge in [-0.1, -0.05) is 15.9 Å². The van der Waals surface area contributed by atoms with Crippen molar-refractivity contribution in [3.63, 3.8) is 0 Å². The molecule has 0 saturated carbocycles. The van der Waals surface area contributed by atoms with Crippen LogP contribution in [0, 0.1) is 0 Å². The summed E-state index contributed by atoms with van der Waals surface area (Å²) in [7, 11) is 0. The summed E-state index contributed by atoms with van der Waals surface area (Å²) in [6.07, 6.45) is -4.62. The quantitative estimate of drug-likeness (QED) is 0.812. The zero-order chi connectivity index (χ0) is 14.6. The average molecular weight is 377 g/mol. The van der Waals surface area contributed by atoms with Crippen LogP contribution in [0.1, 0.15) is 30.5 Å². The van der Waals surface area contributed by atoms with E-state index in [1.165, 1.54) is 6.07 Å². The number of benzene rings is 1. The minimum absolute atomic E-state index is 0. The molecule has 0 heterocycles. The van der Waals surface area contributed by atoms with Crippen molar-refractivity contribution in [2.75, 3.05) is 6.61 Å². The van der Waals surface area contributed by atoms with E-state index < -0.39 is 23.8 Å². The highest BCUT2D eigenvalue weighted by molar-refractivity contribution is 9.10. The third-order valence-electron chi connectivity index (χ3n) is 2.37. The molecule has 8 heteroatoms. The lowest BCUT2D eigenvalue weighted by molar-refractivity contribution is -0.143. The van der Waals surface area contributed by atoms with Crippen molar-refractivity contribution in [1.29, 1.82) is 0 Å². The molecule has 0 radical (unpaired) electrons. The van der Waals surface area contributed by atoms with E-state index in [9.17, 15) is 18.0 Å². The fourth-order valence-corrected chi connectivity index (χ4v) is 2.02. The Morgan fingerprint density at radius 3 is 2.50 bits per heavy atom. The van der Waals surface area contributed by atoms with Gasteiger partial charge in [0, 0.05) is 10.5 Å². The molecule has 1 rings (SSSR count). The molecule has 0 saturated heterocycles. The largest absolute Gasteiger partial charge is 0.466 e. The number of rotatable bonds is 4. The van der Waals surface area contributed by atoms with E-state index in [1.807, 2.05) is 0 Å². The second-order valence-corrected chi connectivity index (χ2v) is 4.80. The molecule has 0 spiro atoms. The third-order valence-corrected chi connectivity index (χ3v) is 2.83. The number of nitrogens with two attached hydrogens (primary N) is 1. The predicted octanol–water partition coefficient (Wildman–Crippen LogP) is 3.84. The molecule has 3 nitrogen and oxygen atoms in total. The van der Waals surface area contributed by atoms with Crippen LogP contribution in [0.15, 0.2) is 22.7 Å². The Kier molecular flexibility index (Phi) is 7.54. The zero-order valence-electron chi connectivity index (χ0n) is 10.5. The summed E-state index contributed by atoms with van der Waals surface area (Å²) in [5.74, 6) is -0.538. The van der Waals surface area contributed by atoms with Crippen LogP contribution in [-0.2, 0) is 15.7 Å². The number of alkyl halides is 3. The molecule has 0 fully saturated rings. The molecule has 1 aromatic carbocycles. The monoisotopic (exact) mass is 375 g/mol. The third kappa shape index (κ3) is 5.68. The van der Waals surface area contributed by atoms with Gasteiger partial charge in [0.25, 0.3) is 0 Å². The number of carbonyl (C=O) groups excluding carboxylic acids is 1. The minimum atomic E-state index is -4.46. The molecule has 114 valence electrons. The second kappa shape index (κ2) is 7.85. The van der Waals surface area contributed by atoms with Crippen LogP contribution in [0.5, 0.6) is 0 Å². The zero-order valence-corrected chi connectivity index (χ0v) is 12.9. The van der Waals surface area contributed by atoms with E-state index in [4.69, 9.17) is 10.5 Å². The van der Waals surface area contributed by atoms with E-state index in [0.29, 0.717) is 0 Å². The Morgan fingerprint density at radius 1 is 1.40 bits per heavy atom. The highest BCUT2D eigenvalue weighted by atomic mass is 79.9. The first-order chi connectivity index (χ1) is 8.74. The molecule has 0 aromatic heterocycles. The van der Waals surface area contributed by atoms with Crippen molar-refractivity contribution in [3.8, 4) is 0 Å². The fraction of sp³-hybridized carbons (Fsp3) is 0.417. The molecule has 0 unspecified atom stereocenters. The van der Waals surface area contributed by atoms with E-state index in [0.717, 1.165) is 12.1 Å². The van der Waals surface area contributed by atoms with Crippen LogP contribution in [0.2, 0.25) is 0 Å². The van der Waals surface area contributed by atoms with Crippen molar-refractivity contribution in [3.05, 3.63) is 33.8 Å². The van der Waals surface area contributed by atoms with Gasteiger partial charge in [-0.3, -0.25) is 4.79 Å². The van der Waals surface area contributed by atoms with Gasteiger partial charge in [-0.05, 0) is 30.7 Å². The number of halogens is 5. The van der Waals surface area contributed by atoms with Crippen molar-refractivity contribution in [2.45, 2.75) is 25.6 Å².